The lowest BCUT2D eigenvalue weighted by atomic mass is 10.4. The molecular weight excluding hydrogens is 206 g/mol. The molecule has 0 aliphatic rings. The average molecular weight is 217 g/mol. The van der Waals surface area contributed by atoms with Crippen molar-refractivity contribution in [3.8, 4) is 0 Å². The summed E-state index contributed by atoms with van der Waals surface area (Å²) >= 11 is 0. The summed E-state index contributed by atoms with van der Waals surface area (Å²) in [6.45, 7) is 0. The lowest BCUT2D eigenvalue weighted by molar-refractivity contribution is 1.17. The van der Waals surface area contributed by atoms with Gasteiger partial charge in [0.15, 0.2) is 0 Å². The lowest BCUT2D eigenvalue weighted by Gasteiger charge is -2.08. The summed E-state index contributed by atoms with van der Waals surface area (Å²) < 4.78 is 0. The van der Waals surface area contributed by atoms with E-state index in [1.165, 1.54) is 0 Å². The number of nitrogens with zero attached hydrogens (tertiary/aromatic N) is 3. The smallest absolute Gasteiger partial charge is 0.220 e. The zero-order valence-electron chi connectivity index (χ0n) is 8.38. The number of nitrogens with two attached hydrogens (primary N) is 2. The second kappa shape index (κ2) is 4.30. The Labute approximate surface area is 91.9 Å². The van der Waals surface area contributed by atoms with Crippen molar-refractivity contribution in [1.82, 2.24) is 15.0 Å². The van der Waals surface area contributed by atoms with Crippen molar-refractivity contribution in [2.24, 2.45) is 0 Å². The summed E-state index contributed by atoms with van der Waals surface area (Å²) in [6.07, 6.45) is 4.75. The third kappa shape index (κ3) is 2.47. The average Bonchev–Trinajstić information content (AvgIpc) is 2.30. The van der Waals surface area contributed by atoms with E-state index in [9.17, 15) is 0 Å². The molecule has 0 fully saturated rings. The number of aromatic nitrogens is 3. The molecule has 7 nitrogen and oxygen atoms in total. The SMILES string of the molecule is Nc1ccc(NNc2cnc(N)nc2)cn1. The molecule has 16 heavy (non-hydrogen) atoms. The van der Waals surface area contributed by atoms with Crippen LogP contribution in [0, 0.1) is 0 Å². The number of hydrazine groups is 1. The van der Waals surface area contributed by atoms with E-state index in [4.69, 9.17) is 11.5 Å². The van der Waals surface area contributed by atoms with Gasteiger partial charge in [0.05, 0.1) is 30.0 Å². The van der Waals surface area contributed by atoms with E-state index in [1.807, 2.05) is 0 Å². The van der Waals surface area contributed by atoms with Crippen molar-refractivity contribution in [3.05, 3.63) is 30.7 Å². The highest BCUT2D eigenvalue weighted by molar-refractivity contribution is 5.51. The molecule has 2 heterocycles. The highest BCUT2D eigenvalue weighted by Gasteiger charge is 1.94. The third-order valence-electron chi connectivity index (χ3n) is 1.81. The number of anilines is 4. The Kier molecular flexibility index (Phi) is 2.68. The molecule has 2 rings (SSSR count). The number of pyridine rings is 1. The van der Waals surface area contributed by atoms with Crippen LogP contribution in [-0.4, -0.2) is 15.0 Å². The topological polar surface area (TPSA) is 115 Å². The molecule has 0 aromatic carbocycles. The molecule has 82 valence electrons. The van der Waals surface area contributed by atoms with Crippen LogP contribution in [0.5, 0.6) is 0 Å². The van der Waals surface area contributed by atoms with Gasteiger partial charge in [-0.25, -0.2) is 15.0 Å². The summed E-state index contributed by atoms with van der Waals surface area (Å²) in [5.41, 5.74) is 18.1. The van der Waals surface area contributed by atoms with E-state index in [1.54, 1.807) is 30.7 Å². The fourth-order valence-corrected chi connectivity index (χ4v) is 1.03. The summed E-state index contributed by atoms with van der Waals surface area (Å²) in [4.78, 5) is 11.6. The number of nitrogens with one attached hydrogen (secondary N) is 2. The van der Waals surface area contributed by atoms with Crippen LogP contribution >= 0.6 is 0 Å². The molecule has 0 bridgehead atoms. The second-order valence-electron chi connectivity index (χ2n) is 3.05. The minimum absolute atomic E-state index is 0.236. The molecule has 0 unspecified atom stereocenters. The largest absolute Gasteiger partial charge is 0.384 e. The Morgan fingerprint density at radius 1 is 0.812 bits per heavy atom. The number of hydrogen-bond donors (Lipinski definition) is 4. The van der Waals surface area contributed by atoms with Crippen molar-refractivity contribution in [1.29, 1.82) is 0 Å². The van der Waals surface area contributed by atoms with E-state index in [0.717, 1.165) is 5.69 Å². The molecule has 0 aliphatic heterocycles. The van der Waals surface area contributed by atoms with Gasteiger partial charge in [-0.15, -0.1) is 0 Å². The molecule has 0 amide bonds. The number of nitrogen functional groups attached to an aromatic ring is 2. The Balaban J connectivity index is 1.97. The second-order valence-corrected chi connectivity index (χ2v) is 3.05. The normalized spacial score (nSPS) is 9.75. The van der Waals surface area contributed by atoms with Gasteiger partial charge in [-0.05, 0) is 12.1 Å². The molecular formula is C9H11N7. The molecule has 0 spiro atoms. The standard InChI is InChI=1S/C9H11N7/c10-8-2-1-6(3-12-8)15-16-7-4-13-9(11)14-5-7/h1-5,15-16H,(H2,10,12)(H2,11,13,14). The van der Waals surface area contributed by atoms with Gasteiger partial charge in [-0.1, -0.05) is 0 Å². The summed E-state index contributed by atoms with van der Waals surface area (Å²) in [5.74, 6) is 0.709. The van der Waals surface area contributed by atoms with Crippen molar-refractivity contribution < 1.29 is 0 Å². The van der Waals surface area contributed by atoms with Gasteiger partial charge >= 0.3 is 0 Å². The fraction of sp³-hybridized carbons (Fsp3) is 0. The van der Waals surface area contributed by atoms with E-state index >= 15 is 0 Å². The maximum absolute atomic E-state index is 5.46. The fourth-order valence-electron chi connectivity index (χ4n) is 1.03. The zero-order chi connectivity index (χ0) is 11.4. The van der Waals surface area contributed by atoms with Crippen LogP contribution in [0.3, 0.4) is 0 Å². The van der Waals surface area contributed by atoms with E-state index in [0.29, 0.717) is 11.5 Å². The molecule has 0 aliphatic carbocycles. The van der Waals surface area contributed by atoms with Crippen molar-refractivity contribution in [2.75, 3.05) is 22.3 Å². The number of rotatable bonds is 3. The van der Waals surface area contributed by atoms with E-state index in [-0.39, 0.29) is 5.95 Å². The van der Waals surface area contributed by atoms with E-state index < -0.39 is 0 Å². The highest BCUT2D eigenvalue weighted by Crippen LogP contribution is 2.08. The molecule has 2 aromatic rings. The molecule has 0 saturated carbocycles. The van der Waals surface area contributed by atoms with Crippen molar-refractivity contribution >= 4 is 23.1 Å². The van der Waals surface area contributed by atoms with Gasteiger partial charge in [-0.3, -0.25) is 10.9 Å². The molecule has 0 atom stereocenters. The van der Waals surface area contributed by atoms with E-state index in [2.05, 4.69) is 25.8 Å². The van der Waals surface area contributed by atoms with Crippen molar-refractivity contribution in [3.63, 3.8) is 0 Å². The Bertz CT molecular complexity index is 405. The minimum Gasteiger partial charge on any atom is -0.384 e. The van der Waals surface area contributed by atoms with Gasteiger partial charge in [0.1, 0.15) is 5.82 Å². The van der Waals surface area contributed by atoms with Crippen LogP contribution in [0.1, 0.15) is 0 Å². The molecule has 6 N–H and O–H groups in total. The quantitative estimate of drug-likeness (QED) is 0.552. The minimum atomic E-state index is 0.236. The maximum Gasteiger partial charge on any atom is 0.220 e. The first-order valence-electron chi connectivity index (χ1n) is 4.55. The summed E-state index contributed by atoms with van der Waals surface area (Å²) in [5, 5.41) is 0. The molecule has 7 heteroatoms. The molecule has 0 saturated heterocycles. The lowest BCUT2D eigenvalue weighted by Crippen LogP contribution is -2.10. The van der Waals surface area contributed by atoms with Gasteiger partial charge in [-0.2, -0.15) is 0 Å². The van der Waals surface area contributed by atoms with Crippen LogP contribution < -0.4 is 22.3 Å². The predicted octanol–water partition coefficient (Wildman–Crippen LogP) is 0.475. The van der Waals surface area contributed by atoms with Crippen LogP contribution in [-0.2, 0) is 0 Å². The Morgan fingerprint density at radius 2 is 1.44 bits per heavy atom. The summed E-state index contributed by atoms with van der Waals surface area (Å²) in [6, 6.07) is 3.50. The first-order valence-corrected chi connectivity index (χ1v) is 4.55. The van der Waals surface area contributed by atoms with Gasteiger partial charge in [0.2, 0.25) is 5.95 Å². The predicted molar refractivity (Wildman–Crippen MR) is 62.3 cm³/mol. The maximum atomic E-state index is 5.46. The monoisotopic (exact) mass is 217 g/mol. The van der Waals surface area contributed by atoms with Crippen LogP contribution in [0.15, 0.2) is 30.7 Å². The van der Waals surface area contributed by atoms with Crippen LogP contribution in [0.2, 0.25) is 0 Å². The molecule has 0 radical (unpaired) electrons. The van der Waals surface area contributed by atoms with Crippen LogP contribution in [0.25, 0.3) is 0 Å². The first-order chi connectivity index (χ1) is 7.74. The zero-order valence-corrected chi connectivity index (χ0v) is 8.38. The Hall–Kier alpha value is -2.57. The summed E-state index contributed by atoms with van der Waals surface area (Å²) in [7, 11) is 0. The Morgan fingerprint density at radius 3 is 2.06 bits per heavy atom. The number of hydrogen-bond acceptors (Lipinski definition) is 7. The first kappa shape index (κ1) is 9.97. The highest BCUT2D eigenvalue weighted by atomic mass is 15.4. The van der Waals surface area contributed by atoms with Crippen LogP contribution in [0.4, 0.5) is 23.1 Å². The van der Waals surface area contributed by atoms with Crippen molar-refractivity contribution in [2.45, 2.75) is 0 Å². The van der Waals surface area contributed by atoms with Gasteiger partial charge < -0.3 is 11.5 Å². The molecule has 2 aromatic heterocycles. The van der Waals surface area contributed by atoms with Gasteiger partial charge in [0, 0.05) is 0 Å². The van der Waals surface area contributed by atoms with Gasteiger partial charge in [0.25, 0.3) is 0 Å². The third-order valence-corrected chi connectivity index (χ3v) is 1.81.